The molecular weight excluding hydrogens is 215 g/mol. The molecule has 0 saturated heterocycles. The van der Waals surface area contributed by atoms with Crippen molar-refractivity contribution < 1.29 is 13.2 Å². The van der Waals surface area contributed by atoms with Gasteiger partial charge in [-0.1, -0.05) is 5.92 Å². The predicted molar refractivity (Wildman–Crippen MR) is 57.8 cm³/mol. The lowest BCUT2D eigenvalue weighted by Crippen LogP contribution is -2.47. The lowest BCUT2D eigenvalue weighted by Gasteiger charge is -2.34. The molecule has 0 atom stereocenters. The quantitative estimate of drug-likeness (QED) is 0.723. The summed E-state index contributed by atoms with van der Waals surface area (Å²) in [5.41, 5.74) is -0.435. The Hall–Kier alpha value is -0.690. The van der Waals surface area contributed by atoms with Gasteiger partial charge in [-0.2, -0.15) is 13.2 Å². The molecule has 4 heteroatoms. The van der Waals surface area contributed by atoms with Gasteiger partial charge in [0.2, 0.25) is 0 Å². The molecular formula is C12H18F3N. The summed E-state index contributed by atoms with van der Waals surface area (Å²) >= 11 is 0. The summed E-state index contributed by atoms with van der Waals surface area (Å²) in [7, 11) is 0. The van der Waals surface area contributed by atoms with E-state index >= 15 is 0 Å². The van der Waals surface area contributed by atoms with Gasteiger partial charge in [-0.05, 0) is 39.5 Å². The SMILES string of the molecule is C#CC(C)(C)NC1CCC(C(F)(F)F)CC1. The number of hydrogen-bond acceptors (Lipinski definition) is 1. The van der Waals surface area contributed by atoms with Crippen LogP contribution in [0.1, 0.15) is 39.5 Å². The maximum Gasteiger partial charge on any atom is 0.391 e. The van der Waals surface area contributed by atoms with Crippen molar-refractivity contribution in [2.24, 2.45) is 5.92 Å². The summed E-state index contributed by atoms with van der Waals surface area (Å²) in [6.45, 7) is 3.73. The van der Waals surface area contributed by atoms with E-state index in [1.165, 1.54) is 0 Å². The standard InChI is InChI=1S/C12H18F3N/c1-4-11(2,3)16-10-7-5-9(6-8-10)12(13,14)15/h1,9-10,16H,5-8H2,2-3H3. The van der Waals surface area contributed by atoms with Gasteiger partial charge in [-0.25, -0.2) is 0 Å². The van der Waals surface area contributed by atoms with Crippen LogP contribution < -0.4 is 5.32 Å². The van der Waals surface area contributed by atoms with Gasteiger partial charge in [0.25, 0.3) is 0 Å². The second kappa shape index (κ2) is 4.67. The first-order valence-corrected chi connectivity index (χ1v) is 5.57. The fourth-order valence-corrected chi connectivity index (χ4v) is 2.12. The van der Waals surface area contributed by atoms with E-state index in [4.69, 9.17) is 6.42 Å². The molecule has 1 fully saturated rings. The number of nitrogens with one attached hydrogen (secondary N) is 1. The van der Waals surface area contributed by atoms with Crippen LogP contribution in [0.25, 0.3) is 0 Å². The number of rotatable bonds is 2. The van der Waals surface area contributed by atoms with E-state index in [0.29, 0.717) is 12.8 Å². The van der Waals surface area contributed by atoms with E-state index < -0.39 is 17.6 Å². The van der Waals surface area contributed by atoms with Gasteiger partial charge in [0.05, 0.1) is 11.5 Å². The zero-order chi connectivity index (χ0) is 12.4. The highest BCUT2D eigenvalue weighted by Crippen LogP contribution is 2.37. The Kier molecular flexibility index (Phi) is 3.90. The van der Waals surface area contributed by atoms with Crippen LogP contribution in [0.4, 0.5) is 13.2 Å². The minimum Gasteiger partial charge on any atom is -0.299 e. The van der Waals surface area contributed by atoms with Gasteiger partial charge in [0.1, 0.15) is 0 Å². The van der Waals surface area contributed by atoms with Gasteiger partial charge in [-0.3, -0.25) is 5.32 Å². The molecule has 0 heterocycles. The van der Waals surface area contributed by atoms with Gasteiger partial charge in [0.15, 0.2) is 0 Å². The number of alkyl halides is 3. The Balaban J connectivity index is 2.42. The van der Waals surface area contributed by atoms with Crippen LogP contribution in [0, 0.1) is 18.3 Å². The van der Waals surface area contributed by atoms with Crippen LogP contribution >= 0.6 is 0 Å². The zero-order valence-electron chi connectivity index (χ0n) is 9.69. The van der Waals surface area contributed by atoms with Crippen molar-refractivity contribution in [3.8, 4) is 12.3 Å². The summed E-state index contributed by atoms with van der Waals surface area (Å²) in [6.07, 6.45) is 2.81. The Morgan fingerprint density at radius 3 is 2.00 bits per heavy atom. The average molecular weight is 233 g/mol. The van der Waals surface area contributed by atoms with Crippen molar-refractivity contribution >= 4 is 0 Å². The molecule has 0 bridgehead atoms. The van der Waals surface area contributed by atoms with Crippen LogP contribution in [-0.2, 0) is 0 Å². The second-order valence-corrected chi connectivity index (χ2v) is 5.00. The molecule has 1 aliphatic carbocycles. The van der Waals surface area contributed by atoms with Crippen LogP contribution in [0.3, 0.4) is 0 Å². The molecule has 92 valence electrons. The van der Waals surface area contributed by atoms with Gasteiger partial charge in [0, 0.05) is 6.04 Å². The Morgan fingerprint density at radius 1 is 1.12 bits per heavy atom. The first-order valence-electron chi connectivity index (χ1n) is 5.57. The number of terminal acetylenes is 1. The van der Waals surface area contributed by atoms with Crippen LogP contribution in [0.5, 0.6) is 0 Å². The molecule has 0 aliphatic heterocycles. The van der Waals surface area contributed by atoms with E-state index in [1.54, 1.807) is 0 Å². The summed E-state index contributed by atoms with van der Waals surface area (Å²) in [5, 5.41) is 3.21. The smallest absolute Gasteiger partial charge is 0.299 e. The van der Waals surface area contributed by atoms with E-state index in [9.17, 15) is 13.2 Å². The largest absolute Gasteiger partial charge is 0.391 e. The van der Waals surface area contributed by atoms with Crippen LogP contribution in [0.15, 0.2) is 0 Å². The molecule has 0 unspecified atom stereocenters. The van der Waals surface area contributed by atoms with E-state index in [2.05, 4.69) is 11.2 Å². The average Bonchev–Trinajstić information content (AvgIpc) is 2.16. The highest BCUT2D eigenvalue weighted by atomic mass is 19.4. The van der Waals surface area contributed by atoms with Crippen molar-refractivity contribution in [1.29, 1.82) is 0 Å². The fourth-order valence-electron chi connectivity index (χ4n) is 2.12. The van der Waals surface area contributed by atoms with E-state index in [1.807, 2.05) is 13.8 Å². The molecule has 0 aromatic heterocycles. The molecule has 1 rings (SSSR count). The van der Waals surface area contributed by atoms with Gasteiger partial charge >= 0.3 is 6.18 Å². The Morgan fingerprint density at radius 2 is 1.62 bits per heavy atom. The Labute approximate surface area is 94.8 Å². The third-order valence-electron chi connectivity index (χ3n) is 3.12. The van der Waals surface area contributed by atoms with E-state index in [0.717, 1.165) is 0 Å². The van der Waals surface area contributed by atoms with Crippen molar-refractivity contribution in [1.82, 2.24) is 5.32 Å². The minimum atomic E-state index is -4.04. The van der Waals surface area contributed by atoms with Crippen LogP contribution in [-0.4, -0.2) is 17.8 Å². The van der Waals surface area contributed by atoms with E-state index in [-0.39, 0.29) is 18.9 Å². The molecule has 1 saturated carbocycles. The maximum atomic E-state index is 12.4. The first kappa shape index (κ1) is 13.4. The monoisotopic (exact) mass is 233 g/mol. The lowest BCUT2D eigenvalue weighted by molar-refractivity contribution is -0.182. The molecule has 0 aromatic rings. The first-order chi connectivity index (χ1) is 7.24. The summed E-state index contributed by atoms with van der Waals surface area (Å²) in [4.78, 5) is 0. The molecule has 1 nitrogen and oxygen atoms in total. The highest BCUT2D eigenvalue weighted by Gasteiger charge is 2.41. The third kappa shape index (κ3) is 3.71. The zero-order valence-corrected chi connectivity index (χ0v) is 9.69. The second-order valence-electron chi connectivity index (χ2n) is 5.00. The van der Waals surface area contributed by atoms with Crippen molar-refractivity contribution in [2.45, 2.75) is 57.3 Å². The predicted octanol–water partition coefficient (Wildman–Crippen LogP) is 3.11. The molecule has 0 amide bonds. The van der Waals surface area contributed by atoms with Crippen molar-refractivity contribution in [3.05, 3.63) is 0 Å². The lowest BCUT2D eigenvalue weighted by atomic mass is 9.84. The Bertz CT molecular complexity index is 267. The van der Waals surface area contributed by atoms with Crippen molar-refractivity contribution in [3.63, 3.8) is 0 Å². The van der Waals surface area contributed by atoms with Gasteiger partial charge < -0.3 is 0 Å². The number of hydrogen-bond donors (Lipinski definition) is 1. The molecule has 0 aromatic carbocycles. The van der Waals surface area contributed by atoms with Crippen LogP contribution in [0.2, 0.25) is 0 Å². The molecule has 1 N–H and O–H groups in total. The summed E-state index contributed by atoms with van der Waals surface area (Å²) < 4.78 is 37.3. The third-order valence-corrected chi connectivity index (χ3v) is 3.12. The molecule has 16 heavy (non-hydrogen) atoms. The molecule has 0 radical (unpaired) electrons. The maximum absolute atomic E-state index is 12.4. The summed E-state index contributed by atoms with van der Waals surface area (Å²) in [5.74, 6) is 1.47. The van der Waals surface area contributed by atoms with Gasteiger partial charge in [-0.15, -0.1) is 6.42 Å². The van der Waals surface area contributed by atoms with Crippen molar-refractivity contribution in [2.75, 3.05) is 0 Å². The minimum absolute atomic E-state index is 0.115. The highest BCUT2D eigenvalue weighted by molar-refractivity contribution is 5.08. The molecule has 1 aliphatic rings. The fraction of sp³-hybridized carbons (Fsp3) is 0.833. The number of halogens is 3. The summed E-state index contributed by atoms with van der Waals surface area (Å²) in [6, 6.07) is 0.115. The topological polar surface area (TPSA) is 12.0 Å². The molecule has 0 spiro atoms. The normalized spacial score (nSPS) is 27.5.